The number of anilines is 1. The molecule has 0 spiro atoms. The summed E-state index contributed by atoms with van der Waals surface area (Å²) in [6.45, 7) is 5.75. The highest BCUT2D eigenvalue weighted by atomic mass is 79.9. The number of piperidine rings is 1. The molecule has 2 rings (SSSR count). The number of carbonyl (C=O) groups is 1. The predicted molar refractivity (Wildman–Crippen MR) is 90.5 cm³/mol. The standard InChI is InChI=1S/C16H24BrN3O/c1-3-19-10-12-6-7-14(17)9-15(12)20-8-4-5-13(11-20)16(21)18-2/h6-7,9,13,19H,3-5,8,10-11H2,1-2H3,(H,18,21). The van der Waals surface area contributed by atoms with E-state index in [0.717, 1.165) is 43.5 Å². The van der Waals surface area contributed by atoms with Gasteiger partial charge < -0.3 is 15.5 Å². The van der Waals surface area contributed by atoms with E-state index in [1.54, 1.807) is 7.05 Å². The van der Waals surface area contributed by atoms with Crippen LogP contribution in [0.3, 0.4) is 0 Å². The van der Waals surface area contributed by atoms with Gasteiger partial charge in [-0.2, -0.15) is 0 Å². The van der Waals surface area contributed by atoms with Gasteiger partial charge >= 0.3 is 0 Å². The highest BCUT2D eigenvalue weighted by Gasteiger charge is 2.26. The highest BCUT2D eigenvalue weighted by Crippen LogP contribution is 2.29. The van der Waals surface area contributed by atoms with E-state index in [4.69, 9.17) is 0 Å². The molecule has 2 N–H and O–H groups in total. The summed E-state index contributed by atoms with van der Waals surface area (Å²) < 4.78 is 1.08. The van der Waals surface area contributed by atoms with Crippen molar-refractivity contribution in [1.29, 1.82) is 0 Å². The van der Waals surface area contributed by atoms with Crippen LogP contribution >= 0.6 is 15.9 Å². The van der Waals surface area contributed by atoms with Gasteiger partial charge in [-0.05, 0) is 37.1 Å². The summed E-state index contributed by atoms with van der Waals surface area (Å²) >= 11 is 3.56. The Labute approximate surface area is 135 Å². The number of hydrogen-bond donors (Lipinski definition) is 2. The van der Waals surface area contributed by atoms with E-state index in [0.29, 0.717) is 0 Å². The van der Waals surface area contributed by atoms with Gasteiger partial charge in [0.2, 0.25) is 5.91 Å². The molecule has 5 heteroatoms. The molecule has 0 radical (unpaired) electrons. The molecule has 1 aromatic carbocycles. The summed E-state index contributed by atoms with van der Waals surface area (Å²) in [5.41, 5.74) is 2.52. The average molecular weight is 354 g/mol. The van der Waals surface area contributed by atoms with Crippen molar-refractivity contribution in [3.8, 4) is 0 Å². The van der Waals surface area contributed by atoms with Crippen LogP contribution in [0.15, 0.2) is 22.7 Å². The SMILES string of the molecule is CCNCc1ccc(Br)cc1N1CCCC(C(=O)NC)C1. The van der Waals surface area contributed by atoms with Crippen molar-refractivity contribution in [3.63, 3.8) is 0 Å². The molecule has 1 amide bonds. The van der Waals surface area contributed by atoms with Crippen LogP contribution < -0.4 is 15.5 Å². The molecule has 4 nitrogen and oxygen atoms in total. The lowest BCUT2D eigenvalue weighted by Gasteiger charge is -2.35. The zero-order valence-electron chi connectivity index (χ0n) is 12.8. The molecule has 0 bridgehead atoms. The Morgan fingerprint density at radius 2 is 2.29 bits per heavy atom. The molecule has 1 aliphatic rings. The van der Waals surface area contributed by atoms with E-state index in [1.165, 1.54) is 11.3 Å². The maximum Gasteiger partial charge on any atom is 0.224 e. The number of halogens is 1. The molecule has 116 valence electrons. The van der Waals surface area contributed by atoms with E-state index in [2.05, 4.69) is 56.6 Å². The van der Waals surface area contributed by atoms with Crippen molar-refractivity contribution in [2.75, 3.05) is 31.6 Å². The quantitative estimate of drug-likeness (QED) is 0.854. The summed E-state index contributed by atoms with van der Waals surface area (Å²) in [5.74, 6) is 0.248. The number of nitrogens with one attached hydrogen (secondary N) is 2. The van der Waals surface area contributed by atoms with Gasteiger partial charge in [0, 0.05) is 36.8 Å². The number of benzene rings is 1. The lowest BCUT2D eigenvalue weighted by atomic mass is 9.96. The summed E-state index contributed by atoms with van der Waals surface area (Å²) in [6, 6.07) is 6.40. The molecule has 0 aliphatic carbocycles. The lowest BCUT2D eigenvalue weighted by molar-refractivity contribution is -0.124. The van der Waals surface area contributed by atoms with E-state index in [9.17, 15) is 4.79 Å². The third-order valence-electron chi connectivity index (χ3n) is 3.99. The van der Waals surface area contributed by atoms with Gasteiger partial charge in [0.15, 0.2) is 0 Å². The second kappa shape index (κ2) is 7.80. The maximum atomic E-state index is 11.9. The van der Waals surface area contributed by atoms with Crippen molar-refractivity contribution in [3.05, 3.63) is 28.2 Å². The van der Waals surface area contributed by atoms with Gasteiger partial charge in [-0.15, -0.1) is 0 Å². The normalized spacial score (nSPS) is 18.6. The number of hydrogen-bond acceptors (Lipinski definition) is 3. The largest absolute Gasteiger partial charge is 0.370 e. The smallest absolute Gasteiger partial charge is 0.224 e. The fraction of sp³-hybridized carbons (Fsp3) is 0.562. The van der Waals surface area contributed by atoms with Gasteiger partial charge in [0.05, 0.1) is 5.92 Å². The first kappa shape index (κ1) is 16.3. The van der Waals surface area contributed by atoms with Gasteiger partial charge in [0.1, 0.15) is 0 Å². The van der Waals surface area contributed by atoms with Crippen LogP contribution in [0.1, 0.15) is 25.3 Å². The minimum absolute atomic E-state index is 0.0923. The van der Waals surface area contributed by atoms with E-state index in [-0.39, 0.29) is 11.8 Å². The van der Waals surface area contributed by atoms with Crippen LogP contribution in [0.5, 0.6) is 0 Å². The fourth-order valence-corrected chi connectivity index (χ4v) is 3.20. The second-order valence-corrected chi connectivity index (χ2v) is 6.37. The fourth-order valence-electron chi connectivity index (χ4n) is 2.85. The third-order valence-corrected chi connectivity index (χ3v) is 4.49. The summed E-state index contributed by atoms with van der Waals surface area (Å²) in [4.78, 5) is 14.3. The molecule has 1 aliphatic heterocycles. The minimum Gasteiger partial charge on any atom is -0.370 e. The van der Waals surface area contributed by atoms with E-state index < -0.39 is 0 Å². The topological polar surface area (TPSA) is 44.4 Å². The van der Waals surface area contributed by atoms with Crippen molar-refractivity contribution in [2.45, 2.75) is 26.3 Å². The Balaban J connectivity index is 2.19. The highest BCUT2D eigenvalue weighted by molar-refractivity contribution is 9.10. The Kier molecular flexibility index (Phi) is 6.06. The average Bonchev–Trinajstić information content (AvgIpc) is 2.53. The molecule has 1 saturated heterocycles. The molecule has 1 aromatic rings. The summed E-state index contributed by atoms with van der Waals surface area (Å²) in [5, 5.41) is 6.17. The van der Waals surface area contributed by atoms with Gasteiger partial charge in [-0.25, -0.2) is 0 Å². The molecule has 1 heterocycles. The molecular weight excluding hydrogens is 330 g/mol. The monoisotopic (exact) mass is 353 g/mol. The van der Waals surface area contributed by atoms with Crippen molar-refractivity contribution >= 4 is 27.5 Å². The number of carbonyl (C=O) groups excluding carboxylic acids is 1. The van der Waals surface area contributed by atoms with Gasteiger partial charge in [-0.3, -0.25) is 4.79 Å². The second-order valence-electron chi connectivity index (χ2n) is 5.45. The molecule has 21 heavy (non-hydrogen) atoms. The first-order valence-corrected chi connectivity index (χ1v) is 8.40. The van der Waals surface area contributed by atoms with Crippen molar-refractivity contribution in [2.24, 2.45) is 5.92 Å². The van der Waals surface area contributed by atoms with Crippen LogP contribution in [-0.4, -0.2) is 32.6 Å². The molecule has 1 unspecified atom stereocenters. The first-order chi connectivity index (χ1) is 10.2. The van der Waals surface area contributed by atoms with Crippen LogP contribution in [0.2, 0.25) is 0 Å². The van der Waals surface area contributed by atoms with Gasteiger partial charge in [-0.1, -0.05) is 28.9 Å². The zero-order valence-corrected chi connectivity index (χ0v) is 14.4. The predicted octanol–water partition coefficient (Wildman–Crippen LogP) is 2.52. The Hall–Kier alpha value is -1.07. The van der Waals surface area contributed by atoms with Crippen LogP contribution in [0.4, 0.5) is 5.69 Å². The van der Waals surface area contributed by atoms with E-state index >= 15 is 0 Å². The van der Waals surface area contributed by atoms with Crippen molar-refractivity contribution in [1.82, 2.24) is 10.6 Å². The lowest BCUT2D eigenvalue weighted by Crippen LogP contribution is -2.42. The number of rotatable bonds is 5. The van der Waals surface area contributed by atoms with Crippen LogP contribution in [-0.2, 0) is 11.3 Å². The van der Waals surface area contributed by atoms with Crippen molar-refractivity contribution < 1.29 is 4.79 Å². The van der Waals surface area contributed by atoms with E-state index in [1.807, 2.05) is 0 Å². The summed E-state index contributed by atoms with van der Waals surface area (Å²) in [6.07, 6.45) is 2.04. The zero-order chi connectivity index (χ0) is 15.2. The third kappa shape index (κ3) is 4.20. The Bertz CT molecular complexity index is 492. The maximum absolute atomic E-state index is 11.9. The molecule has 1 atom stereocenters. The van der Waals surface area contributed by atoms with Crippen LogP contribution in [0.25, 0.3) is 0 Å². The van der Waals surface area contributed by atoms with Crippen LogP contribution in [0, 0.1) is 5.92 Å². The summed E-state index contributed by atoms with van der Waals surface area (Å²) in [7, 11) is 1.72. The minimum atomic E-state index is 0.0923. The Morgan fingerprint density at radius 3 is 3.00 bits per heavy atom. The number of nitrogens with zero attached hydrogens (tertiary/aromatic N) is 1. The molecule has 0 aromatic heterocycles. The number of amides is 1. The molecular formula is C16H24BrN3O. The molecule has 1 fully saturated rings. The Morgan fingerprint density at radius 1 is 1.48 bits per heavy atom. The first-order valence-electron chi connectivity index (χ1n) is 7.61. The molecule has 0 saturated carbocycles. The van der Waals surface area contributed by atoms with Gasteiger partial charge in [0.25, 0.3) is 0 Å².